The van der Waals surface area contributed by atoms with Gasteiger partial charge in [0.1, 0.15) is 0 Å². The molecule has 0 heterocycles. The maximum atomic E-state index is 5.06. The third-order valence-electron chi connectivity index (χ3n) is 0.565. The average Bonchev–Trinajstić information content (AvgIpc) is 1.95. The number of rotatable bonds is 3. The quantitative estimate of drug-likeness (QED) is 0.257. The van der Waals surface area contributed by atoms with Gasteiger partial charge in [0.05, 0.1) is 12.4 Å². The van der Waals surface area contributed by atoms with E-state index in [1.807, 2.05) is 0 Å². The van der Waals surface area contributed by atoms with Crippen LogP contribution < -0.4 is 22.3 Å². The third kappa shape index (κ3) is 8.72. The molecule has 0 aliphatic heterocycles. The van der Waals surface area contributed by atoms with Gasteiger partial charge in [-0.3, -0.25) is 10.9 Å². The Labute approximate surface area is 80.1 Å². The molecule has 0 radical (unpaired) electrons. The van der Waals surface area contributed by atoms with Crippen LogP contribution in [0.2, 0.25) is 0 Å². The largest absolute Gasteiger partial charge is 0.375 e. The Morgan fingerprint density at radius 2 is 1.33 bits per heavy atom. The molecule has 8 heteroatoms. The fourth-order valence-corrected chi connectivity index (χ4v) is 0.374. The lowest BCUT2D eigenvalue weighted by molar-refractivity contribution is 1.03. The summed E-state index contributed by atoms with van der Waals surface area (Å²) >= 11 is 8.93. The van der Waals surface area contributed by atoms with Crippen molar-refractivity contribution in [3.05, 3.63) is 0 Å². The Kier molecular flexibility index (Phi) is 5.75. The van der Waals surface area contributed by atoms with Crippen molar-refractivity contribution in [2.75, 3.05) is 0 Å². The van der Waals surface area contributed by atoms with Crippen LogP contribution in [-0.4, -0.2) is 22.7 Å². The van der Waals surface area contributed by atoms with E-state index in [-0.39, 0.29) is 10.2 Å². The Balaban J connectivity index is 3.52. The molecule has 0 aliphatic carbocycles. The normalized spacial score (nSPS) is 10.3. The van der Waals surface area contributed by atoms with Crippen LogP contribution in [-0.2, 0) is 0 Å². The van der Waals surface area contributed by atoms with Gasteiger partial charge in [-0.1, -0.05) is 0 Å². The van der Waals surface area contributed by atoms with Crippen molar-refractivity contribution in [2.45, 2.75) is 0 Å². The van der Waals surface area contributed by atoms with E-state index in [1.54, 1.807) is 0 Å². The zero-order chi connectivity index (χ0) is 9.40. The Hall–Kier alpha value is -1.28. The number of hydrogen-bond acceptors (Lipinski definition) is 4. The van der Waals surface area contributed by atoms with Crippen LogP contribution in [0.3, 0.4) is 0 Å². The van der Waals surface area contributed by atoms with Crippen LogP contribution in [0.1, 0.15) is 0 Å². The number of nitrogens with one attached hydrogen (secondary N) is 2. The first-order valence-corrected chi connectivity index (χ1v) is 3.60. The molecule has 6 nitrogen and oxygen atoms in total. The van der Waals surface area contributed by atoms with Crippen LogP contribution in [0, 0.1) is 0 Å². The van der Waals surface area contributed by atoms with Crippen molar-refractivity contribution in [2.24, 2.45) is 21.7 Å². The monoisotopic (exact) mass is 204 g/mol. The fraction of sp³-hybridized carbons (Fsp3) is 0. The summed E-state index contributed by atoms with van der Waals surface area (Å²) in [4.78, 5) is 0. The summed E-state index contributed by atoms with van der Waals surface area (Å²) in [6.07, 6.45) is 2.68. The standard InChI is InChI=1S/C4H8N6S2/c5-3(11)9-7-1-2-8-10-4(6)12/h1-2H,(H3,5,9,11)(H3,6,10,12)/b7-1-,8-2-. The van der Waals surface area contributed by atoms with Crippen LogP contribution in [0.5, 0.6) is 0 Å². The van der Waals surface area contributed by atoms with Gasteiger partial charge in [0.25, 0.3) is 0 Å². The molecule has 0 aromatic rings. The summed E-state index contributed by atoms with van der Waals surface area (Å²) in [7, 11) is 0. The Morgan fingerprint density at radius 3 is 1.58 bits per heavy atom. The Morgan fingerprint density at radius 1 is 1.00 bits per heavy atom. The SMILES string of the molecule is NC(=S)N/N=C\C=N/NC(N)=S. The maximum Gasteiger partial charge on any atom is 0.184 e. The lowest BCUT2D eigenvalue weighted by Crippen LogP contribution is -2.25. The average molecular weight is 204 g/mol. The van der Waals surface area contributed by atoms with Gasteiger partial charge >= 0.3 is 0 Å². The number of hydrazone groups is 2. The third-order valence-corrected chi connectivity index (χ3v) is 0.748. The fourth-order valence-electron chi connectivity index (χ4n) is 0.268. The molecule has 0 rings (SSSR count). The highest BCUT2D eigenvalue weighted by Crippen LogP contribution is 1.59. The lowest BCUT2D eigenvalue weighted by atomic mass is 10.8. The minimum atomic E-state index is 0.0851. The van der Waals surface area contributed by atoms with Crippen LogP contribution in [0.25, 0.3) is 0 Å². The molecule has 0 saturated heterocycles. The van der Waals surface area contributed by atoms with Gasteiger partial charge < -0.3 is 11.5 Å². The van der Waals surface area contributed by atoms with Gasteiger partial charge in [0, 0.05) is 0 Å². The second-order valence-electron chi connectivity index (χ2n) is 1.51. The summed E-state index contributed by atoms with van der Waals surface area (Å²) in [6.45, 7) is 0. The number of hydrogen-bond donors (Lipinski definition) is 4. The summed E-state index contributed by atoms with van der Waals surface area (Å²) in [6, 6.07) is 0. The molecular formula is C4H8N6S2. The second-order valence-corrected chi connectivity index (χ2v) is 2.39. The zero-order valence-electron chi connectivity index (χ0n) is 6.02. The molecule has 12 heavy (non-hydrogen) atoms. The van der Waals surface area contributed by atoms with E-state index < -0.39 is 0 Å². The summed E-state index contributed by atoms with van der Waals surface area (Å²) in [5.41, 5.74) is 14.8. The molecular weight excluding hydrogens is 196 g/mol. The van der Waals surface area contributed by atoms with Crippen molar-refractivity contribution in [1.29, 1.82) is 0 Å². The lowest BCUT2D eigenvalue weighted by Gasteiger charge is -1.91. The van der Waals surface area contributed by atoms with Gasteiger partial charge in [-0.05, 0) is 24.4 Å². The van der Waals surface area contributed by atoms with Crippen molar-refractivity contribution in [1.82, 2.24) is 10.9 Å². The summed E-state index contributed by atoms with van der Waals surface area (Å²) < 4.78 is 0. The van der Waals surface area contributed by atoms with Crippen molar-refractivity contribution in [3.63, 3.8) is 0 Å². The van der Waals surface area contributed by atoms with Crippen molar-refractivity contribution < 1.29 is 0 Å². The first-order valence-electron chi connectivity index (χ1n) is 2.78. The summed E-state index contributed by atoms with van der Waals surface area (Å²) in [5, 5.41) is 7.28. The molecule has 0 aliphatic rings. The van der Waals surface area contributed by atoms with Gasteiger partial charge in [-0.15, -0.1) is 0 Å². The molecule has 0 bridgehead atoms. The molecule has 0 spiro atoms. The minimum absolute atomic E-state index is 0.0851. The van der Waals surface area contributed by atoms with Crippen LogP contribution in [0.4, 0.5) is 0 Å². The molecule has 0 atom stereocenters. The molecule has 0 fully saturated rings. The van der Waals surface area contributed by atoms with Gasteiger partial charge in [-0.25, -0.2) is 0 Å². The molecule has 6 N–H and O–H groups in total. The van der Waals surface area contributed by atoms with E-state index in [2.05, 4.69) is 45.5 Å². The van der Waals surface area contributed by atoms with Gasteiger partial charge in [-0.2, -0.15) is 10.2 Å². The Bertz CT molecular complexity index is 198. The highest BCUT2D eigenvalue weighted by molar-refractivity contribution is 7.80. The minimum Gasteiger partial charge on any atom is -0.375 e. The molecule has 0 amide bonds. The maximum absolute atomic E-state index is 5.06. The zero-order valence-corrected chi connectivity index (χ0v) is 7.65. The van der Waals surface area contributed by atoms with E-state index in [9.17, 15) is 0 Å². The first-order chi connectivity index (χ1) is 5.63. The second kappa shape index (κ2) is 6.43. The molecule has 66 valence electrons. The number of nitrogens with zero attached hydrogens (tertiary/aromatic N) is 2. The molecule has 0 aromatic heterocycles. The predicted molar refractivity (Wildman–Crippen MR) is 56.8 cm³/mol. The van der Waals surface area contributed by atoms with E-state index in [0.29, 0.717) is 0 Å². The number of thiocarbonyl (C=S) groups is 2. The van der Waals surface area contributed by atoms with Crippen molar-refractivity contribution in [3.8, 4) is 0 Å². The first kappa shape index (κ1) is 10.7. The van der Waals surface area contributed by atoms with E-state index in [0.717, 1.165) is 0 Å². The molecule has 0 unspecified atom stereocenters. The van der Waals surface area contributed by atoms with Crippen LogP contribution >= 0.6 is 24.4 Å². The van der Waals surface area contributed by atoms with E-state index in [1.165, 1.54) is 12.4 Å². The highest BCUT2D eigenvalue weighted by Gasteiger charge is 1.77. The molecule has 0 saturated carbocycles. The molecule has 0 aromatic carbocycles. The highest BCUT2D eigenvalue weighted by atomic mass is 32.1. The summed E-state index contributed by atoms with van der Waals surface area (Å²) in [5.74, 6) is 0. The van der Waals surface area contributed by atoms with E-state index >= 15 is 0 Å². The van der Waals surface area contributed by atoms with Gasteiger partial charge in [0.15, 0.2) is 10.2 Å². The predicted octanol–water partition coefficient (Wildman–Crippen LogP) is -1.38. The topological polar surface area (TPSA) is 101 Å². The van der Waals surface area contributed by atoms with Crippen LogP contribution in [0.15, 0.2) is 10.2 Å². The smallest absolute Gasteiger partial charge is 0.184 e. The van der Waals surface area contributed by atoms with Gasteiger partial charge in [0.2, 0.25) is 0 Å². The van der Waals surface area contributed by atoms with E-state index in [4.69, 9.17) is 11.5 Å². The number of nitrogens with two attached hydrogens (primary N) is 2. The van der Waals surface area contributed by atoms with Crippen molar-refractivity contribution >= 4 is 47.1 Å².